The van der Waals surface area contributed by atoms with Gasteiger partial charge in [0.05, 0.1) is 5.56 Å². The van der Waals surface area contributed by atoms with E-state index in [1.54, 1.807) is 6.07 Å². The monoisotopic (exact) mass is 265 g/mol. The van der Waals surface area contributed by atoms with E-state index >= 15 is 0 Å². The maximum absolute atomic E-state index is 13.4. The van der Waals surface area contributed by atoms with Crippen LogP contribution in [0.2, 0.25) is 0 Å². The van der Waals surface area contributed by atoms with Crippen LogP contribution in [0.1, 0.15) is 48.0 Å². The minimum absolute atomic E-state index is 0.0204. The number of carbonyl (C=O) groups is 1. The third kappa shape index (κ3) is 3.77. The van der Waals surface area contributed by atoms with Crippen LogP contribution in [0.15, 0.2) is 18.2 Å². The number of rotatable bonds is 4. The van der Waals surface area contributed by atoms with E-state index in [-0.39, 0.29) is 5.56 Å². The lowest BCUT2D eigenvalue weighted by atomic mass is 9.94. The fraction of sp³-hybridized carbons (Fsp3) is 0.533. The molecule has 0 amide bonds. The zero-order chi connectivity index (χ0) is 13.8. The van der Waals surface area contributed by atoms with Crippen molar-refractivity contribution < 1.29 is 14.3 Å². The number of benzene rings is 1. The molecular weight excluding hydrogens is 245 g/mol. The Balaban J connectivity index is 2.07. The highest BCUT2D eigenvalue weighted by Crippen LogP contribution is 2.23. The second-order valence-corrected chi connectivity index (χ2v) is 5.36. The summed E-state index contributed by atoms with van der Waals surface area (Å²) in [7, 11) is 2.03. The van der Waals surface area contributed by atoms with E-state index < -0.39 is 11.8 Å². The minimum Gasteiger partial charge on any atom is -0.478 e. The summed E-state index contributed by atoms with van der Waals surface area (Å²) in [5.41, 5.74) is 0.748. The molecule has 1 N–H and O–H groups in total. The van der Waals surface area contributed by atoms with Crippen molar-refractivity contribution >= 4 is 5.97 Å². The third-order valence-electron chi connectivity index (χ3n) is 3.83. The summed E-state index contributed by atoms with van der Waals surface area (Å²) in [4.78, 5) is 13.1. The smallest absolute Gasteiger partial charge is 0.335 e. The molecule has 0 aromatic heterocycles. The van der Waals surface area contributed by atoms with Gasteiger partial charge in [-0.1, -0.05) is 19.3 Å². The first kappa shape index (κ1) is 14.0. The molecule has 104 valence electrons. The molecule has 1 fully saturated rings. The van der Waals surface area contributed by atoms with E-state index in [0.29, 0.717) is 12.6 Å². The Bertz CT molecular complexity index is 455. The van der Waals surface area contributed by atoms with Crippen molar-refractivity contribution in [2.75, 3.05) is 7.05 Å². The zero-order valence-corrected chi connectivity index (χ0v) is 11.2. The number of hydrogen-bond acceptors (Lipinski definition) is 2. The van der Waals surface area contributed by atoms with Crippen molar-refractivity contribution in [3.05, 3.63) is 35.1 Å². The van der Waals surface area contributed by atoms with Gasteiger partial charge < -0.3 is 5.11 Å². The van der Waals surface area contributed by atoms with Crippen LogP contribution < -0.4 is 0 Å². The Morgan fingerprint density at radius 3 is 2.63 bits per heavy atom. The van der Waals surface area contributed by atoms with E-state index in [2.05, 4.69) is 4.90 Å². The molecule has 0 unspecified atom stereocenters. The molecular formula is C15H20FNO2. The maximum Gasteiger partial charge on any atom is 0.335 e. The highest BCUT2D eigenvalue weighted by atomic mass is 19.1. The Morgan fingerprint density at radius 1 is 1.32 bits per heavy atom. The molecule has 4 heteroatoms. The van der Waals surface area contributed by atoms with Crippen LogP contribution in [-0.2, 0) is 6.54 Å². The van der Waals surface area contributed by atoms with Crippen molar-refractivity contribution in [2.24, 2.45) is 0 Å². The first-order chi connectivity index (χ1) is 9.06. The van der Waals surface area contributed by atoms with Crippen molar-refractivity contribution in [1.82, 2.24) is 4.90 Å². The first-order valence-corrected chi connectivity index (χ1v) is 6.79. The lowest BCUT2D eigenvalue weighted by Crippen LogP contribution is -2.32. The van der Waals surface area contributed by atoms with E-state index in [4.69, 9.17) is 5.11 Å². The van der Waals surface area contributed by atoms with Gasteiger partial charge in [0.15, 0.2) is 0 Å². The van der Waals surface area contributed by atoms with Gasteiger partial charge in [-0.2, -0.15) is 0 Å². The molecule has 1 aromatic carbocycles. The molecule has 1 saturated carbocycles. The van der Waals surface area contributed by atoms with Gasteiger partial charge in [-0.3, -0.25) is 4.90 Å². The second kappa shape index (κ2) is 6.15. The average Bonchev–Trinajstić information content (AvgIpc) is 2.39. The lowest BCUT2D eigenvalue weighted by molar-refractivity contribution is 0.0696. The SMILES string of the molecule is CN(Cc1cc(F)cc(C(=O)O)c1)C1CCCCC1. The van der Waals surface area contributed by atoms with Gasteiger partial charge in [0.1, 0.15) is 5.82 Å². The first-order valence-electron chi connectivity index (χ1n) is 6.79. The van der Waals surface area contributed by atoms with E-state index in [1.807, 2.05) is 7.05 Å². The van der Waals surface area contributed by atoms with Crippen LogP contribution in [0, 0.1) is 5.82 Å². The van der Waals surface area contributed by atoms with Crippen molar-refractivity contribution in [1.29, 1.82) is 0 Å². The Labute approximate surface area is 113 Å². The predicted molar refractivity (Wildman–Crippen MR) is 71.7 cm³/mol. The van der Waals surface area contributed by atoms with Crippen LogP contribution >= 0.6 is 0 Å². The summed E-state index contributed by atoms with van der Waals surface area (Å²) in [5.74, 6) is -1.56. The minimum atomic E-state index is -1.08. The van der Waals surface area contributed by atoms with E-state index in [1.165, 1.54) is 38.2 Å². The van der Waals surface area contributed by atoms with E-state index in [0.717, 1.165) is 11.6 Å². The molecule has 0 aliphatic heterocycles. The molecule has 2 rings (SSSR count). The fourth-order valence-corrected chi connectivity index (χ4v) is 2.80. The van der Waals surface area contributed by atoms with Crippen molar-refractivity contribution in [2.45, 2.75) is 44.7 Å². The molecule has 19 heavy (non-hydrogen) atoms. The highest BCUT2D eigenvalue weighted by Gasteiger charge is 2.18. The van der Waals surface area contributed by atoms with Crippen LogP contribution in [0.25, 0.3) is 0 Å². The lowest BCUT2D eigenvalue weighted by Gasteiger charge is -2.31. The van der Waals surface area contributed by atoms with Crippen LogP contribution in [0.5, 0.6) is 0 Å². The molecule has 1 aliphatic rings. The quantitative estimate of drug-likeness (QED) is 0.908. The molecule has 0 bridgehead atoms. The topological polar surface area (TPSA) is 40.5 Å². The highest BCUT2D eigenvalue weighted by molar-refractivity contribution is 5.87. The fourth-order valence-electron chi connectivity index (χ4n) is 2.80. The predicted octanol–water partition coefficient (Wildman–Crippen LogP) is 3.29. The Morgan fingerprint density at radius 2 is 2.00 bits per heavy atom. The van der Waals surface area contributed by atoms with Gasteiger partial charge in [0.2, 0.25) is 0 Å². The number of aromatic carboxylic acids is 1. The second-order valence-electron chi connectivity index (χ2n) is 5.36. The van der Waals surface area contributed by atoms with Crippen molar-refractivity contribution in [3.63, 3.8) is 0 Å². The number of carboxylic acids is 1. The summed E-state index contributed by atoms with van der Waals surface area (Å²) < 4.78 is 13.4. The molecule has 3 nitrogen and oxygen atoms in total. The number of hydrogen-bond donors (Lipinski definition) is 1. The molecule has 0 atom stereocenters. The normalized spacial score (nSPS) is 16.8. The third-order valence-corrected chi connectivity index (χ3v) is 3.83. The van der Waals surface area contributed by atoms with Gasteiger partial charge in [0.25, 0.3) is 0 Å². The molecule has 0 heterocycles. The van der Waals surface area contributed by atoms with Crippen molar-refractivity contribution in [3.8, 4) is 0 Å². The summed E-state index contributed by atoms with van der Waals surface area (Å²) >= 11 is 0. The van der Waals surface area contributed by atoms with Gasteiger partial charge in [-0.15, -0.1) is 0 Å². The number of halogens is 1. The summed E-state index contributed by atoms with van der Waals surface area (Å²) in [6.07, 6.45) is 6.15. The summed E-state index contributed by atoms with van der Waals surface area (Å²) in [6, 6.07) is 4.58. The van der Waals surface area contributed by atoms with Gasteiger partial charge in [-0.25, -0.2) is 9.18 Å². The summed E-state index contributed by atoms with van der Waals surface area (Å²) in [6.45, 7) is 0.600. The van der Waals surface area contributed by atoms with Gasteiger partial charge in [-0.05, 0) is 43.7 Å². The zero-order valence-electron chi connectivity index (χ0n) is 11.2. The van der Waals surface area contributed by atoms with Gasteiger partial charge in [0, 0.05) is 12.6 Å². The van der Waals surface area contributed by atoms with Crippen LogP contribution in [-0.4, -0.2) is 29.1 Å². The Hall–Kier alpha value is -1.42. The molecule has 0 spiro atoms. The largest absolute Gasteiger partial charge is 0.478 e. The Kier molecular flexibility index (Phi) is 4.53. The number of carboxylic acid groups (broad SMARTS) is 1. The van der Waals surface area contributed by atoms with E-state index in [9.17, 15) is 9.18 Å². The van der Waals surface area contributed by atoms with Crippen LogP contribution in [0.4, 0.5) is 4.39 Å². The van der Waals surface area contributed by atoms with Crippen LogP contribution in [0.3, 0.4) is 0 Å². The molecule has 1 aromatic rings. The standard InChI is InChI=1S/C15H20FNO2/c1-17(14-5-3-2-4-6-14)10-11-7-12(15(18)19)9-13(16)8-11/h7-9,14H,2-6,10H2,1H3,(H,18,19). The maximum atomic E-state index is 13.4. The number of nitrogens with zero attached hydrogens (tertiary/aromatic N) is 1. The molecule has 0 radical (unpaired) electrons. The average molecular weight is 265 g/mol. The summed E-state index contributed by atoms with van der Waals surface area (Å²) in [5, 5.41) is 8.94. The molecule has 0 saturated heterocycles. The van der Waals surface area contributed by atoms with Gasteiger partial charge >= 0.3 is 5.97 Å². The molecule has 1 aliphatic carbocycles.